The van der Waals surface area contributed by atoms with E-state index in [1.807, 2.05) is 36.4 Å². The average Bonchev–Trinajstić information content (AvgIpc) is 2.71. The molecule has 1 aliphatic rings. The fourth-order valence-electron chi connectivity index (χ4n) is 2.46. The van der Waals surface area contributed by atoms with E-state index < -0.39 is 6.09 Å². The van der Waals surface area contributed by atoms with Gasteiger partial charge >= 0.3 is 6.09 Å². The second kappa shape index (κ2) is 4.08. The van der Waals surface area contributed by atoms with Crippen LogP contribution < -0.4 is 5.73 Å². The number of primary amides is 1. The molecule has 2 N–H and O–H groups in total. The summed E-state index contributed by atoms with van der Waals surface area (Å²) in [6, 6.07) is 17.9. The summed E-state index contributed by atoms with van der Waals surface area (Å²) in [5.41, 5.74) is 9.45. The van der Waals surface area contributed by atoms with E-state index in [-0.39, 0.29) is 12.5 Å². The quantitative estimate of drug-likeness (QED) is 0.872. The Bertz CT molecular complexity index is 561. The van der Waals surface area contributed by atoms with E-state index in [4.69, 9.17) is 10.5 Å². The molecule has 0 heterocycles. The van der Waals surface area contributed by atoms with Gasteiger partial charge in [-0.15, -0.1) is 0 Å². The molecular weight excluding hydrogens is 226 g/mol. The smallest absolute Gasteiger partial charge is 0.404 e. The van der Waals surface area contributed by atoms with Gasteiger partial charge in [0.2, 0.25) is 0 Å². The number of ether oxygens (including phenoxy) is 1. The molecule has 18 heavy (non-hydrogen) atoms. The van der Waals surface area contributed by atoms with Crippen LogP contribution in [0, 0.1) is 12.1 Å². The van der Waals surface area contributed by atoms with Gasteiger partial charge in [0.25, 0.3) is 0 Å². The Kier molecular flexibility index (Phi) is 2.42. The van der Waals surface area contributed by atoms with Gasteiger partial charge in [0, 0.05) is 11.5 Å². The molecule has 2 aromatic carbocycles. The maximum absolute atomic E-state index is 10.8. The van der Waals surface area contributed by atoms with Crippen molar-refractivity contribution in [2.75, 3.05) is 6.61 Å². The zero-order valence-corrected chi connectivity index (χ0v) is 9.64. The predicted molar refractivity (Wildman–Crippen MR) is 66.9 cm³/mol. The molecule has 3 rings (SSSR count). The monoisotopic (exact) mass is 237 g/mol. The van der Waals surface area contributed by atoms with Gasteiger partial charge in [-0.2, -0.15) is 0 Å². The van der Waals surface area contributed by atoms with Crippen molar-refractivity contribution in [3.05, 3.63) is 59.7 Å². The Balaban J connectivity index is 2.06. The largest absolute Gasteiger partial charge is 0.449 e. The van der Waals surface area contributed by atoms with Gasteiger partial charge in [0.1, 0.15) is 6.61 Å². The van der Waals surface area contributed by atoms with Gasteiger partial charge in [0.05, 0.1) is 0 Å². The molecule has 1 aliphatic carbocycles. The summed E-state index contributed by atoms with van der Waals surface area (Å²) >= 11 is 0. The van der Waals surface area contributed by atoms with Gasteiger partial charge < -0.3 is 10.5 Å². The van der Waals surface area contributed by atoms with Gasteiger partial charge in [0.15, 0.2) is 0 Å². The lowest BCUT2D eigenvalue weighted by molar-refractivity contribution is 0.153. The molecule has 0 bridgehead atoms. The van der Waals surface area contributed by atoms with Crippen LogP contribution >= 0.6 is 0 Å². The van der Waals surface area contributed by atoms with Crippen LogP contribution in [0.1, 0.15) is 17.0 Å². The number of hydrogen-bond acceptors (Lipinski definition) is 2. The number of carbonyl (C=O) groups excluding carboxylic acids is 1. The zero-order valence-electron chi connectivity index (χ0n) is 9.64. The summed E-state index contributed by atoms with van der Waals surface area (Å²) in [5, 5.41) is 0. The van der Waals surface area contributed by atoms with Crippen molar-refractivity contribution in [2.45, 2.75) is 5.92 Å². The fraction of sp³-hybridized carbons (Fsp3) is 0.133. The maximum Gasteiger partial charge on any atom is 0.404 e. The molecule has 88 valence electrons. The van der Waals surface area contributed by atoms with E-state index in [0.29, 0.717) is 0 Å². The molecule has 3 heteroatoms. The van der Waals surface area contributed by atoms with Crippen molar-refractivity contribution in [3.63, 3.8) is 0 Å². The maximum atomic E-state index is 10.8. The van der Waals surface area contributed by atoms with E-state index in [0.717, 1.165) is 22.3 Å². The highest BCUT2D eigenvalue weighted by Crippen LogP contribution is 2.43. The van der Waals surface area contributed by atoms with Crippen LogP contribution in [0.5, 0.6) is 0 Å². The minimum Gasteiger partial charge on any atom is -0.449 e. The summed E-state index contributed by atoms with van der Waals surface area (Å²) in [6.07, 6.45) is -0.743. The fourth-order valence-corrected chi connectivity index (χ4v) is 2.46. The van der Waals surface area contributed by atoms with E-state index in [2.05, 4.69) is 12.1 Å². The summed E-state index contributed by atoms with van der Waals surface area (Å²) in [7, 11) is 0. The number of benzene rings is 1. The second-order valence-electron chi connectivity index (χ2n) is 4.20. The first-order chi connectivity index (χ1) is 8.77. The van der Waals surface area contributed by atoms with E-state index >= 15 is 0 Å². The first-order valence-electron chi connectivity index (χ1n) is 5.71. The SMILES string of the molecule is NC(=O)OCC1c2ccc#cc2-c2ccccc21. The van der Waals surface area contributed by atoms with Gasteiger partial charge in [-0.25, -0.2) is 4.79 Å². The first-order valence-corrected chi connectivity index (χ1v) is 5.71. The highest BCUT2D eigenvalue weighted by atomic mass is 16.5. The summed E-state index contributed by atoms with van der Waals surface area (Å²) in [6.45, 7) is 0.261. The van der Waals surface area contributed by atoms with Gasteiger partial charge in [-0.3, -0.25) is 0 Å². The Hall–Kier alpha value is -2.47. The molecule has 0 radical (unpaired) electrons. The first kappa shape index (κ1) is 10.7. The zero-order chi connectivity index (χ0) is 12.5. The molecule has 0 aromatic heterocycles. The van der Waals surface area contributed by atoms with Crippen LogP contribution in [0.4, 0.5) is 4.79 Å². The molecule has 0 fully saturated rings. The number of fused-ring (bicyclic) bond motifs is 3. The van der Waals surface area contributed by atoms with Gasteiger partial charge in [-0.05, 0) is 28.8 Å². The van der Waals surface area contributed by atoms with E-state index in [1.54, 1.807) is 0 Å². The minimum atomic E-state index is -0.743. The number of carbonyl (C=O) groups is 1. The van der Waals surface area contributed by atoms with Crippen molar-refractivity contribution in [1.82, 2.24) is 0 Å². The summed E-state index contributed by atoms with van der Waals surface area (Å²) < 4.78 is 4.95. The molecule has 1 amide bonds. The molecule has 2 aromatic rings. The average molecular weight is 237 g/mol. The number of rotatable bonds is 2. The molecule has 0 aliphatic heterocycles. The Labute approximate surface area is 105 Å². The lowest BCUT2D eigenvalue weighted by Crippen LogP contribution is -2.17. The molecule has 1 unspecified atom stereocenters. The molecule has 0 saturated carbocycles. The molecule has 3 nitrogen and oxygen atoms in total. The second-order valence-corrected chi connectivity index (χ2v) is 4.20. The van der Waals surface area contributed by atoms with Crippen molar-refractivity contribution < 1.29 is 9.53 Å². The molecule has 0 spiro atoms. The number of hydrogen-bond donors (Lipinski definition) is 1. The van der Waals surface area contributed by atoms with Crippen molar-refractivity contribution in [2.24, 2.45) is 5.73 Å². The third-order valence-corrected chi connectivity index (χ3v) is 3.21. The van der Waals surface area contributed by atoms with E-state index in [1.165, 1.54) is 0 Å². The van der Waals surface area contributed by atoms with Crippen molar-refractivity contribution >= 4 is 6.09 Å². The Morgan fingerprint density at radius 2 is 2.11 bits per heavy atom. The van der Waals surface area contributed by atoms with Crippen molar-refractivity contribution in [1.29, 1.82) is 0 Å². The highest BCUT2D eigenvalue weighted by Gasteiger charge is 2.28. The van der Waals surface area contributed by atoms with Crippen LogP contribution in [-0.4, -0.2) is 12.7 Å². The lowest BCUT2D eigenvalue weighted by atomic mass is 9.98. The van der Waals surface area contributed by atoms with Crippen LogP contribution in [0.15, 0.2) is 36.4 Å². The lowest BCUT2D eigenvalue weighted by Gasteiger charge is -2.12. The number of nitrogens with two attached hydrogens (primary N) is 1. The predicted octanol–water partition coefficient (Wildman–Crippen LogP) is 2.49. The van der Waals surface area contributed by atoms with Crippen LogP contribution in [-0.2, 0) is 4.74 Å². The standard InChI is InChI=1S/C15H11NO2/c16-15(17)18-9-14-12-7-3-1-5-10(12)11-6-2-4-8-13(11)14/h1,3-5,7-8,14H,9H2,(H2,16,17). The Morgan fingerprint density at radius 1 is 1.28 bits per heavy atom. The van der Waals surface area contributed by atoms with Crippen LogP contribution in [0.25, 0.3) is 11.1 Å². The summed E-state index contributed by atoms with van der Waals surface area (Å²) in [5.74, 6) is 0.0366. The van der Waals surface area contributed by atoms with Crippen molar-refractivity contribution in [3.8, 4) is 11.1 Å². The summed E-state index contributed by atoms with van der Waals surface area (Å²) in [4.78, 5) is 10.8. The normalized spacial score (nSPS) is 12.4. The topological polar surface area (TPSA) is 52.3 Å². The van der Waals surface area contributed by atoms with Crippen LogP contribution in [0.2, 0.25) is 0 Å². The Morgan fingerprint density at radius 3 is 2.94 bits per heavy atom. The van der Waals surface area contributed by atoms with Crippen LogP contribution in [0.3, 0.4) is 0 Å². The van der Waals surface area contributed by atoms with E-state index in [9.17, 15) is 4.79 Å². The highest BCUT2D eigenvalue weighted by molar-refractivity contribution is 5.77. The number of amides is 1. The van der Waals surface area contributed by atoms with Gasteiger partial charge in [-0.1, -0.05) is 36.4 Å². The third kappa shape index (κ3) is 1.59. The third-order valence-electron chi connectivity index (χ3n) is 3.21. The minimum absolute atomic E-state index is 0.0366. The molecule has 1 atom stereocenters. The molecular formula is C15H11NO2. The molecule has 0 saturated heterocycles.